The highest BCUT2D eigenvalue weighted by molar-refractivity contribution is 7.13. The molecule has 2 rings (SSSR count). The van der Waals surface area contributed by atoms with E-state index in [1.807, 2.05) is 13.0 Å². The van der Waals surface area contributed by atoms with Crippen molar-refractivity contribution in [3.05, 3.63) is 40.9 Å². The molecule has 0 aliphatic rings. The summed E-state index contributed by atoms with van der Waals surface area (Å²) in [5.74, 6) is -0.226. The predicted octanol–water partition coefficient (Wildman–Crippen LogP) is 2.29. The van der Waals surface area contributed by atoms with E-state index >= 15 is 0 Å². The average molecular weight is 233 g/mol. The van der Waals surface area contributed by atoms with Crippen LogP contribution in [0, 0.1) is 6.92 Å². The van der Waals surface area contributed by atoms with Gasteiger partial charge in [-0.2, -0.15) is 0 Å². The van der Waals surface area contributed by atoms with E-state index in [2.05, 4.69) is 10.3 Å². The summed E-state index contributed by atoms with van der Waals surface area (Å²) in [5.41, 5.74) is 7.69. The number of anilines is 2. The van der Waals surface area contributed by atoms with Crippen LogP contribution in [-0.4, -0.2) is 10.9 Å². The highest BCUT2D eigenvalue weighted by Gasteiger charge is 2.10. The van der Waals surface area contributed by atoms with Crippen molar-refractivity contribution in [2.24, 2.45) is 0 Å². The Kier molecular flexibility index (Phi) is 2.87. The molecule has 0 spiro atoms. The van der Waals surface area contributed by atoms with E-state index in [1.165, 1.54) is 11.3 Å². The average Bonchev–Trinajstić information content (AvgIpc) is 2.74. The number of benzene rings is 1. The zero-order valence-corrected chi connectivity index (χ0v) is 9.54. The summed E-state index contributed by atoms with van der Waals surface area (Å²) in [6.45, 7) is 1.92. The molecule has 0 unspecified atom stereocenters. The number of hydrogen-bond acceptors (Lipinski definition) is 4. The fraction of sp³-hybridized carbons (Fsp3) is 0.0909. The SMILES string of the molecule is Cc1ccc(N)c(C(=O)Nc2nccs2)c1. The number of thiazole rings is 1. The first-order valence-corrected chi connectivity index (χ1v) is 5.62. The molecule has 1 aromatic heterocycles. The van der Waals surface area contributed by atoms with Gasteiger partial charge in [0, 0.05) is 17.3 Å². The molecular formula is C11H11N3OS. The number of amides is 1. The van der Waals surface area contributed by atoms with E-state index < -0.39 is 0 Å². The van der Waals surface area contributed by atoms with Gasteiger partial charge < -0.3 is 5.73 Å². The summed E-state index contributed by atoms with van der Waals surface area (Å²) in [6, 6.07) is 5.36. The van der Waals surface area contributed by atoms with Gasteiger partial charge in [-0.05, 0) is 19.1 Å². The lowest BCUT2D eigenvalue weighted by molar-refractivity contribution is 0.102. The van der Waals surface area contributed by atoms with Crippen molar-refractivity contribution in [2.75, 3.05) is 11.1 Å². The van der Waals surface area contributed by atoms with Crippen molar-refractivity contribution < 1.29 is 4.79 Å². The Labute approximate surface area is 97.1 Å². The lowest BCUT2D eigenvalue weighted by atomic mass is 10.1. The molecule has 0 fully saturated rings. The second-order valence-electron chi connectivity index (χ2n) is 3.38. The van der Waals surface area contributed by atoms with Gasteiger partial charge in [0.05, 0.1) is 5.56 Å². The Morgan fingerprint density at radius 1 is 1.50 bits per heavy atom. The number of nitrogens with one attached hydrogen (secondary N) is 1. The molecule has 0 saturated heterocycles. The maximum atomic E-state index is 11.9. The van der Waals surface area contributed by atoms with Gasteiger partial charge in [0.2, 0.25) is 0 Å². The molecule has 1 heterocycles. The molecule has 0 aliphatic carbocycles. The van der Waals surface area contributed by atoms with Crippen LogP contribution in [-0.2, 0) is 0 Å². The van der Waals surface area contributed by atoms with Crippen LogP contribution >= 0.6 is 11.3 Å². The van der Waals surface area contributed by atoms with Gasteiger partial charge in [-0.25, -0.2) is 4.98 Å². The molecule has 0 saturated carbocycles. The quantitative estimate of drug-likeness (QED) is 0.782. The number of rotatable bonds is 2. The van der Waals surface area contributed by atoms with Crippen molar-refractivity contribution in [3.8, 4) is 0 Å². The molecule has 0 radical (unpaired) electrons. The molecule has 5 heteroatoms. The van der Waals surface area contributed by atoms with Gasteiger partial charge in [0.15, 0.2) is 5.13 Å². The predicted molar refractivity (Wildman–Crippen MR) is 65.7 cm³/mol. The number of nitrogen functional groups attached to an aromatic ring is 1. The first-order valence-electron chi connectivity index (χ1n) is 4.74. The van der Waals surface area contributed by atoms with Crippen LogP contribution in [0.1, 0.15) is 15.9 Å². The fourth-order valence-electron chi connectivity index (χ4n) is 1.32. The minimum atomic E-state index is -0.226. The van der Waals surface area contributed by atoms with E-state index in [-0.39, 0.29) is 5.91 Å². The lowest BCUT2D eigenvalue weighted by Gasteiger charge is -2.05. The Balaban J connectivity index is 2.24. The van der Waals surface area contributed by atoms with Crippen molar-refractivity contribution in [1.82, 2.24) is 4.98 Å². The highest BCUT2D eigenvalue weighted by Crippen LogP contribution is 2.17. The molecule has 4 nitrogen and oxygen atoms in total. The number of aryl methyl sites for hydroxylation is 1. The third kappa shape index (κ3) is 2.20. The van der Waals surface area contributed by atoms with Crippen molar-refractivity contribution >= 4 is 28.1 Å². The Hall–Kier alpha value is -1.88. The van der Waals surface area contributed by atoms with E-state index in [0.717, 1.165) is 5.56 Å². The van der Waals surface area contributed by atoms with E-state index in [0.29, 0.717) is 16.4 Å². The van der Waals surface area contributed by atoms with Gasteiger partial charge in [-0.3, -0.25) is 10.1 Å². The number of nitrogens with zero attached hydrogens (tertiary/aromatic N) is 1. The Morgan fingerprint density at radius 2 is 2.31 bits per heavy atom. The van der Waals surface area contributed by atoms with Gasteiger partial charge in [0.25, 0.3) is 5.91 Å². The van der Waals surface area contributed by atoms with Crippen molar-refractivity contribution in [2.45, 2.75) is 6.92 Å². The summed E-state index contributed by atoms with van der Waals surface area (Å²) in [5, 5.41) is 5.07. The molecule has 3 N–H and O–H groups in total. The number of carbonyl (C=O) groups is 1. The Morgan fingerprint density at radius 3 is 3.00 bits per heavy atom. The van der Waals surface area contributed by atoms with Gasteiger partial charge >= 0.3 is 0 Å². The molecule has 16 heavy (non-hydrogen) atoms. The molecule has 1 aromatic carbocycles. The molecule has 82 valence electrons. The van der Waals surface area contributed by atoms with Crippen LogP contribution in [0.2, 0.25) is 0 Å². The monoisotopic (exact) mass is 233 g/mol. The first-order chi connectivity index (χ1) is 7.66. The molecule has 1 amide bonds. The Bertz CT molecular complexity index is 508. The summed E-state index contributed by atoms with van der Waals surface area (Å²) < 4.78 is 0. The number of hydrogen-bond donors (Lipinski definition) is 2. The summed E-state index contributed by atoms with van der Waals surface area (Å²) in [4.78, 5) is 15.8. The topological polar surface area (TPSA) is 68.0 Å². The molecule has 2 aromatic rings. The van der Waals surface area contributed by atoms with Gasteiger partial charge in [-0.15, -0.1) is 11.3 Å². The third-order valence-corrected chi connectivity index (χ3v) is 2.79. The van der Waals surface area contributed by atoms with Gasteiger partial charge in [-0.1, -0.05) is 11.6 Å². The smallest absolute Gasteiger partial charge is 0.259 e. The van der Waals surface area contributed by atoms with Crippen LogP contribution in [0.4, 0.5) is 10.8 Å². The second kappa shape index (κ2) is 4.32. The van der Waals surface area contributed by atoms with Crippen LogP contribution < -0.4 is 11.1 Å². The maximum absolute atomic E-state index is 11.9. The highest BCUT2D eigenvalue weighted by atomic mass is 32.1. The zero-order valence-electron chi connectivity index (χ0n) is 8.73. The number of carbonyl (C=O) groups excluding carboxylic acids is 1. The third-order valence-electron chi connectivity index (χ3n) is 2.11. The van der Waals surface area contributed by atoms with E-state index in [4.69, 9.17) is 5.73 Å². The summed E-state index contributed by atoms with van der Waals surface area (Å²) in [6.07, 6.45) is 1.64. The standard InChI is InChI=1S/C11H11N3OS/c1-7-2-3-9(12)8(6-7)10(15)14-11-13-4-5-16-11/h2-6H,12H2,1H3,(H,13,14,15). The fourth-order valence-corrected chi connectivity index (χ4v) is 1.84. The van der Waals surface area contributed by atoms with Crippen molar-refractivity contribution in [1.29, 1.82) is 0 Å². The normalized spacial score (nSPS) is 10.1. The lowest BCUT2D eigenvalue weighted by Crippen LogP contribution is -2.14. The largest absolute Gasteiger partial charge is 0.398 e. The molecule has 0 atom stereocenters. The summed E-state index contributed by atoms with van der Waals surface area (Å²) >= 11 is 1.37. The number of aromatic nitrogens is 1. The van der Waals surface area contributed by atoms with Crippen LogP contribution in [0.3, 0.4) is 0 Å². The first kappa shape index (κ1) is 10.6. The van der Waals surface area contributed by atoms with Crippen molar-refractivity contribution in [3.63, 3.8) is 0 Å². The molecule has 0 aliphatic heterocycles. The molecule has 0 bridgehead atoms. The second-order valence-corrected chi connectivity index (χ2v) is 4.28. The summed E-state index contributed by atoms with van der Waals surface area (Å²) in [7, 11) is 0. The van der Waals surface area contributed by atoms with Gasteiger partial charge in [0.1, 0.15) is 0 Å². The van der Waals surface area contributed by atoms with E-state index in [1.54, 1.807) is 23.7 Å². The van der Waals surface area contributed by atoms with E-state index in [9.17, 15) is 4.79 Å². The minimum Gasteiger partial charge on any atom is -0.398 e. The van der Waals surface area contributed by atoms with Crippen LogP contribution in [0.25, 0.3) is 0 Å². The maximum Gasteiger partial charge on any atom is 0.259 e. The number of nitrogens with two attached hydrogens (primary N) is 1. The van der Waals surface area contributed by atoms with Crippen LogP contribution in [0.15, 0.2) is 29.8 Å². The van der Waals surface area contributed by atoms with Crippen LogP contribution in [0.5, 0.6) is 0 Å². The zero-order chi connectivity index (χ0) is 11.5. The minimum absolute atomic E-state index is 0.226. The molecular weight excluding hydrogens is 222 g/mol.